The molecule has 0 atom stereocenters. The summed E-state index contributed by atoms with van der Waals surface area (Å²) < 4.78 is 0. The Labute approximate surface area is 126 Å². The third-order valence-corrected chi connectivity index (χ3v) is 3.42. The van der Waals surface area contributed by atoms with Gasteiger partial charge in [-0.15, -0.1) is 11.6 Å². The van der Waals surface area contributed by atoms with Crippen LogP contribution in [0.4, 0.5) is 5.82 Å². The Balaban J connectivity index is 2.89. The van der Waals surface area contributed by atoms with Crippen LogP contribution in [-0.4, -0.2) is 43.6 Å². The van der Waals surface area contributed by atoms with Gasteiger partial charge in [-0.05, 0) is 31.6 Å². The van der Waals surface area contributed by atoms with Gasteiger partial charge in [0.05, 0.1) is 5.02 Å². The molecule has 0 spiro atoms. The van der Waals surface area contributed by atoms with E-state index in [4.69, 9.17) is 23.2 Å². The normalized spacial score (nSPS) is 11.4. The molecule has 0 saturated heterocycles. The van der Waals surface area contributed by atoms with Crippen LogP contribution < -0.4 is 4.90 Å². The highest BCUT2D eigenvalue weighted by Crippen LogP contribution is 2.22. The number of halogens is 2. The van der Waals surface area contributed by atoms with Crippen molar-refractivity contribution in [3.8, 4) is 0 Å². The SMILES string of the molecule is CC(C)CN(CCN(C)C)c1cc(CCl)c(Cl)cn1. The molecule has 0 aliphatic rings. The first-order chi connectivity index (χ1) is 8.93. The molecule has 0 aromatic carbocycles. The van der Waals surface area contributed by atoms with Crippen LogP contribution in [-0.2, 0) is 5.88 Å². The minimum Gasteiger partial charge on any atom is -0.355 e. The molecule has 0 radical (unpaired) electrons. The first kappa shape index (κ1) is 16.5. The molecule has 0 N–H and O–H groups in total. The van der Waals surface area contributed by atoms with Crippen molar-refractivity contribution in [3.05, 3.63) is 22.8 Å². The van der Waals surface area contributed by atoms with E-state index in [0.717, 1.165) is 31.0 Å². The van der Waals surface area contributed by atoms with Crippen LogP contribution >= 0.6 is 23.2 Å². The van der Waals surface area contributed by atoms with Crippen molar-refractivity contribution in [2.24, 2.45) is 5.92 Å². The molecule has 1 rings (SSSR count). The van der Waals surface area contributed by atoms with Gasteiger partial charge in [-0.3, -0.25) is 0 Å². The summed E-state index contributed by atoms with van der Waals surface area (Å²) in [5, 5.41) is 0.635. The van der Waals surface area contributed by atoms with Gasteiger partial charge in [0.2, 0.25) is 0 Å². The number of aromatic nitrogens is 1. The molecular weight excluding hydrogens is 281 g/mol. The van der Waals surface area contributed by atoms with Crippen LogP contribution in [0.15, 0.2) is 12.3 Å². The molecule has 108 valence electrons. The number of pyridine rings is 1. The smallest absolute Gasteiger partial charge is 0.128 e. The van der Waals surface area contributed by atoms with Gasteiger partial charge in [-0.1, -0.05) is 25.4 Å². The summed E-state index contributed by atoms with van der Waals surface area (Å²) in [6.07, 6.45) is 1.69. The van der Waals surface area contributed by atoms with Crippen molar-refractivity contribution in [1.82, 2.24) is 9.88 Å². The summed E-state index contributed by atoms with van der Waals surface area (Å²) in [5.41, 5.74) is 0.937. The second-order valence-electron chi connectivity index (χ2n) is 5.41. The van der Waals surface area contributed by atoms with Gasteiger partial charge < -0.3 is 9.80 Å². The van der Waals surface area contributed by atoms with E-state index in [1.165, 1.54) is 0 Å². The Kier molecular flexibility index (Phi) is 6.90. The average molecular weight is 304 g/mol. The molecule has 1 aromatic rings. The van der Waals surface area contributed by atoms with Crippen molar-refractivity contribution in [1.29, 1.82) is 0 Å². The molecule has 0 saturated carbocycles. The molecule has 0 bridgehead atoms. The quantitative estimate of drug-likeness (QED) is 0.719. The van der Waals surface area contributed by atoms with Gasteiger partial charge in [-0.25, -0.2) is 4.98 Å². The predicted octanol–water partition coefficient (Wildman–Crippen LogP) is 3.50. The van der Waals surface area contributed by atoms with E-state index in [9.17, 15) is 0 Å². The summed E-state index contributed by atoms with van der Waals surface area (Å²) in [6.45, 7) is 7.33. The lowest BCUT2D eigenvalue weighted by Gasteiger charge is -2.27. The van der Waals surface area contributed by atoms with Crippen molar-refractivity contribution in [2.75, 3.05) is 38.6 Å². The second-order valence-corrected chi connectivity index (χ2v) is 6.09. The number of nitrogens with zero attached hydrogens (tertiary/aromatic N) is 3. The fourth-order valence-corrected chi connectivity index (χ4v) is 2.26. The van der Waals surface area contributed by atoms with Crippen LogP contribution in [0.25, 0.3) is 0 Å². The molecule has 0 aliphatic carbocycles. The molecule has 1 heterocycles. The number of alkyl halides is 1. The summed E-state index contributed by atoms with van der Waals surface area (Å²) in [5.74, 6) is 1.95. The van der Waals surface area contributed by atoms with Crippen molar-refractivity contribution < 1.29 is 0 Å². The fraction of sp³-hybridized carbons (Fsp3) is 0.643. The summed E-state index contributed by atoms with van der Waals surface area (Å²) in [6, 6.07) is 1.99. The molecule has 5 heteroatoms. The molecule has 0 amide bonds. The molecule has 1 aromatic heterocycles. The summed E-state index contributed by atoms with van der Waals surface area (Å²) >= 11 is 12.0. The highest BCUT2D eigenvalue weighted by molar-refractivity contribution is 6.32. The average Bonchev–Trinajstić information content (AvgIpc) is 2.34. The van der Waals surface area contributed by atoms with Crippen LogP contribution in [0, 0.1) is 5.92 Å². The lowest BCUT2D eigenvalue weighted by atomic mass is 10.2. The van der Waals surface area contributed by atoms with Crippen LogP contribution in [0.1, 0.15) is 19.4 Å². The third-order valence-electron chi connectivity index (χ3n) is 2.79. The highest BCUT2D eigenvalue weighted by Gasteiger charge is 2.12. The minimum atomic E-state index is 0.414. The van der Waals surface area contributed by atoms with E-state index in [-0.39, 0.29) is 0 Å². The number of likely N-dealkylation sites (N-methyl/N-ethyl adjacent to an activating group) is 1. The van der Waals surface area contributed by atoms with Gasteiger partial charge in [0.25, 0.3) is 0 Å². The van der Waals surface area contributed by atoms with E-state index in [0.29, 0.717) is 16.8 Å². The van der Waals surface area contributed by atoms with E-state index in [1.807, 2.05) is 6.07 Å². The third kappa shape index (κ3) is 5.55. The van der Waals surface area contributed by atoms with Crippen molar-refractivity contribution in [2.45, 2.75) is 19.7 Å². The van der Waals surface area contributed by atoms with Gasteiger partial charge in [0.15, 0.2) is 0 Å². The lowest BCUT2D eigenvalue weighted by molar-refractivity contribution is 0.408. The topological polar surface area (TPSA) is 19.4 Å². The van der Waals surface area contributed by atoms with Crippen molar-refractivity contribution >= 4 is 29.0 Å². The maximum absolute atomic E-state index is 6.06. The lowest BCUT2D eigenvalue weighted by Crippen LogP contribution is -2.35. The fourth-order valence-electron chi connectivity index (χ4n) is 1.80. The predicted molar refractivity (Wildman–Crippen MR) is 84.4 cm³/mol. The maximum atomic E-state index is 6.06. The van der Waals surface area contributed by atoms with E-state index in [2.05, 4.69) is 42.7 Å². The zero-order valence-corrected chi connectivity index (χ0v) is 13.7. The van der Waals surface area contributed by atoms with Gasteiger partial charge in [0.1, 0.15) is 5.82 Å². The Morgan fingerprint density at radius 1 is 1.26 bits per heavy atom. The maximum Gasteiger partial charge on any atom is 0.128 e. The molecule has 0 fully saturated rings. The summed E-state index contributed by atoms with van der Waals surface area (Å²) in [7, 11) is 4.15. The summed E-state index contributed by atoms with van der Waals surface area (Å²) in [4.78, 5) is 8.90. The van der Waals surface area contributed by atoms with Crippen LogP contribution in [0.5, 0.6) is 0 Å². The number of rotatable bonds is 7. The zero-order chi connectivity index (χ0) is 14.4. The van der Waals surface area contributed by atoms with Crippen LogP contribution in [0.3, 0.4) is 0 Å². The van der Waals surface area contributed by atoms with E-state index >= 15 is 0 Å². The Morgan fingerprint density at radius 2 is 1.95 bits per heavy atom. The Morgan fingerprint density at radius 3 is 2.47 bits per heavy atom. The zero-order valence-electron chi connectivity index (χ0n) is 12.2. The van der Waals surface area contributed by atoms with Gasteiger partial charge in [-0.2, -0.15) is 0 Å². The van der Waals surface area contributed by atoms with Gasteiger partial charge in [0, 0.05) is 31.7 Å². The number of anilines is 1. The monoisotopic (exact) mass is 303 g/mol. The Hall–Kier alpha value is -0.510. The van der Waals surface area contributed by atoms with E-state index < -0.39 is 0 Å². The van der Waals surface area contributed by atoms with Crippen molar-refractivity contribution in [3.63, 3.8) is 0 Å². The standard InChI is InChI=1S/C14H23Cl2N3/c1-11(2)10-19(6-5-18(3)4)14-7-12(8-15)13(16)9-17-14/h7,9,11H,5-6,8,10H2,1-4H3. The first-order valence-corrected chi connectivity index (χ1v) is 7.45. The minimum absolute atomic E-state index is 0.414. The van der Waals surface area contributed by atoms with E-state index in [1.54, 1.807) is 6.20 Å². The largest absolute Gasteiger partial charge is 0.355 e. The molecular formula is C14H23Cl2N3. The molecule has 0 unspecified atom stereocenters. The van der Waals surface area contributed by atoms with Gasteiger partial charge >= 0.3 is 0 Å². The molecule has 3 nitrogen and oxygen atoms in total. The second kappa shape index (κ2) is 7.93. The highest BCUT2D eigenvalue weighted by atomic mass is 35.5. The first-order valence-electron chi connectivity index (χ1n) is 6.54. The van der Waals surface area contributed by atoms with Crippen LogP contribution in [0.2, 0.25) is 5.02 Å². The molecule has 19 heavy (non-hydrogen) atoms. The Bertz CT molecular complexity index is 394. The number of hydrogen-bond donors (Lipinski definition) is 0. The number of hydrogen-bond acceptors (Lipinski definition) is 3. The molecule has 0 aliphatic heterocycles.